The van der Waals surface area contributed by atoms with Gasteiger partial charge >= 0.3 is 0 Å². The van der Waals surface area contributed by atoms with E-state index in [0.717, 1.165) is 11.1 Å². The van der Waals surface area contributed by atoms with Crippen LogP contribution in [0.25, 0.3) is 0 Å². The van der Waals surface area contributed by atoms with E-state index >= 15 is 0 Å². The van der Waals surface area contributed by atoms with Gasteiger partial charge in [0.05, 0.1) is 24.9 Å². The lowest BCUT2D eigenvalue weighted by Gasteiger charge is -2.19. The minimum Gasteiger partial charge on any atom is -0.495 e. The zero-order valence-electron chi connectivity index (χ0n) is 11.4. The molecule has 98 valence electrons. The molecule has 0 atom stereocenters. The Kier molecular flexibility index (Phi) is 5.21. The monoisotopic (exact) mass is 248 g/mol. The highest BCUT2D eigenvalue weighted by Gasteiger charge is 2.10. The second-order valence-corrected chi connectivity index (χ2v) is 4.90. The van der Waals surface area contributed by atoms with Crippen molar-refractivity contribution in [3.05, 3.63) is 29.3 Å². The molecule has 3 nitrogen and oxygen atoms in total. The normalized spacial score (nSPS) is 10.7. The largest absolute Gasteiger partial charge is 0.495 e. The maximum absolute atomic E-state index is 8.73. The fraction of sp³-hybridized carbons (Fsp3) is 0.467. The molecule has 0 spiro atoms. The molecule has 1 aromatic rings. The van der Waals surface area contributed by atoms with Crippen LogP contribution in [0.2, 0.25) is 0 Å². The van der Waals surface area contributed by atoms with Gasteiger partial charge in [-0.15, -0.1) is 0 Å². The van der Waals surface area contributed by atoms with Crippen molar-refractivity contribution in [1.29, 1.82) is 0 Å². The lowest BCUT2D eigenvalue weighted by atomic mass is 10.1. The Bertz CT molecular complexity index is 447. The molecule has 1 aromatic carbocycles. The molecule has 0 aromatic heterocycles. The van der Waals surface area contributed by atoms with E-state index in [1.807, 2.05) is 39.0 Å². The first-order valence-corrected chi connectivity index (χ1v) is 5.87. The third-order valence-corrected chi connectivity index (χ3v) is 2.24. The van der Waals surface area contributed by atoms with Crippen LogP contribution in [-0.2, 0) is 11.3 Å². The molecule has 3 heteroatoms. The molecule has 0 radical (unpaired) electrons. The standard InChI is InChI=1S/C15H20O3/c1-15(2,3)18-11-12-7-8-14(17-4)13(10-12)6-5-9-16/h7-8,10,16H,9,11H2,1-4H3. The van der Waals surface area contributed by atoms with Crippen molar-refractivity contribution in [1.82, 2.24) is 0 Å². The summed E-state index contributed by atoms with van der Waals surface area (Å²) in [5.74, 6) is 6.20. The molecule has 1 N–H and O–H groups in total. The van der Waals surface area contributed by atoms with Crippen LogP contribution in [0.5, 0.6) is 5.75 Å². The fourth-order valence-electron chi connectivity index (χ4n) is 1.38. The van der Waals surface area contributed by atoms with Gasteiger partial charge in [-0.1, -0.05) is 17.9 Å². The lowest BCUT2D eigenvalue weighted by Crippen LogP contribution is -2.18. The van der Waals surface area contributed by atoms with E-state index in [-0.39, 0.29) is 12.2 Å². The van der Waals surface area contributed by atoms with E-state index in [1.165, 1.54) is 0 Å². The molecule has 0 bridgehead atoms. The second kappa shape index (κ2) is 6.44. The first-order chi connectivity index (χ1) is 8.46. The van der Waals surface area contributed by atoms with Crippen LogP contribution in [-0.4, -0.2) is 24.4 Å². The molecule has 0 heterocycles. The van der Waals surface area contributed by atoms with E-state index in [4.69, 9.17) is 14.6 Å². The summed E-state index contributed by atoms with van der Waals surface area (Å²) in [4.78, 5) is 0. The minimum atomic E-state index is -0.170. The molecule has 0 aliphatic heterocycles. The second-order valence-electron chi connectivity index (χ2n) is 4.90. The average Bonchev–Trinajstić information content (AvgIpc) is 2.33. The van der Waals surface area contributed by atoms with Crippen molar-refractivity contribution in [3.8, 4) is 17.6 Å². The molecule has 0 fully saturated rings. The Hall–Kier alpha value is -1.50. The van der Waals surface area contributed by atoms with E-state index < -0.39 is 0 Å². The maximum Gasteiger partial charge on any atom is 0.134 e. The average molecular weight is 248 g/mol. The third kappa shape index (κ3) is 4.79. The Balaban J connectivity index is 2.89. The number of benzene rings is 1. The van der Waals surface area contributed by atoms with Crippen LogP contribution in [0.1, 0.15) is 31.9 Å². The number of aliphatic hydroxyl groups excluding tert-OH is 1. The fourth-order valence-corrected chi connectivity index (χ4v) is 1.38. The van der Waals surface area contributed by atoms with Crippen molar-refractivity contribution < 1.29 is 14.6 Å². The van der Waals surface area contributed by atoms with Gasteiger partial charge in [-0.05, 0) is 38.5 Å². The molecular weight excluding hydrogens is 228 g/mol. The number of hydrogen-bond donors (Lipinski definition) is 1. The summed E-state index contributed by atoms with van der Waals surface area (Å²) in [7, 11) is 1.60. The van der Waals surface area contributed by atoms with Crippen molar-refractivity contribution >= 4 is 0 Å². The third-order valence-electron chi connectivity index (χ3n) is 2.24. The molecular formula is C15H20O3. The number of hydrogen-bond acceptors (Lipinski definition) is 3. The summed E-state index contributed by atoms with van der Waals surface area (Å²) in [6.07, 6.45) is 0. The molecule has 0 aliphatic rings. The summed E-state index contributed by atoms with van der Waals surface area (Å²) in [6, 6.07) is 5.74. The van der Waals surface area contributed by atoms with Gasteiger partial charge in [0, 0.05) is 0 Å². The molecule has 0 aliphatic carbocycles. The topological polar surface area (TPSA) is 38.7 Å². The van der Waals surface area contributed by atoms with Crippen LogP contribution >= 0.6 is 0 Å². The van der Waals surface area contributed by atoms with Crippen molar-refractivity contribution in [3.63, 3.8) is 0 Å². The smallest absolute Gasteiger partial charge is 0.134 e. The Morgan fingerprint density at radius 1 is 1.28 bits per heavy atom. The summed E-state index contributed by atoms with van der Waals surface area (Å²) in [5.41, 5.74) is 1.63. The van der Waals surface area contributed by atoms with Crippen molar-refractivity contribution in [2.75, 3.05) is 13.7 Å². The minimum absolute atomic E-state index is 0.161. The van der Waals surface area contributed by atoms with Gasteiger partial charge in [0.15, 0.2) is 0 Å². The zero-order chi connectivity index (χ0) is 13.6. The predicted molar refractivity (Wildman–Crippen MR) is 71.5 cm³/mol. The molecule has 1 rings (SSSR count). The van der Waals surface area contributed by atoms with E-state index in [0.29, 0.717) is 12.4 Å². The molecule has 18 heavy (non-hydrogen) atoms. The highest BCUT2D eigenvalue weighted by molar-refractivity contribution is 5.48. The van der Waals surface area contributed by atoms with Gasteiger partial charge in [-0.3, -0.25) is 0 Å². The molecule has 0 unspecified atom stereocenters. The van der Waals surface area contributed by atoms with Gasteiger partial charge < -0.3 is 14.6 Å². The lowest BCUT2D eigenvalue weighted by molar-refractivity contribution is -0.0149. The van der Waals surface area contributed by atoms with Crippen molar-refractivity contribution in [2.24, 2.45) is 0 Å². The summed E-state index contributed by atoms with van der Waals surface area (Å²) in [6.45, 7) is 6.42. The van der Waals surface area contributed by atoms with Gasteiger partial charge in [0.1, 0.15) is 12.4 Å². The summed E-state index contributed by atoms with van der Waals surface area (Å²) in [5, 5.41) is 8.73. The van der Waals surface area contributed by atoms with Crippen molar-refractivity contribution in [2.45, 2.75) is 33.0 Å². The molecule has 0 saturated heterocycles. The van der Waals surface area contributed by atoms with Gasteiger partial charge in [-0.25, -0.2) is 0 Å². The highest BCUT2D eigenvalue weighted by Crippen LogP contribution is 2.20. The van der Waals surface area contributed by atoms with Gasteiger partial charge in [-0.2, -0.15) is 0 Å². The molecule has 0 amide bonds. The quantitative estimate of drug-likeness (QED) is 0.835. The number of aliphatic hydroxyl groups is 1. The maximum atomic E-state index is 8.73. The van der Waals surface area contributed by atoms with Crippen LogP contribution in [0.3, 0.4) is 0 Å². The van der Waals surface area contributed by atoms with Crippen LogP contribution in [0.4, 0.5) is 0 Å². The zero-order valence-corrected chi connectivity index (χ0v) is 11.4. The van der Waals surface area contributed by atoms with E-state index in [9.17, 15) is 0 Å². The van der Waals surface area contributed by atoms with Crippen LogP contribution in [0, 0.1) is 11.8 Å². The Morgan fingerprint density at radius 2 is 2.00 bits per heavy atom. The predicted octanol–water partition coefficient (Wildman–Crippen LogP) is 2.35. The van der Waals surface area contributed by atoms with Crippen LogP contribution in [0.15, 0.2) is 18.2 Å². The number of methoxy groups -OCH3 is 1. The Morgan fingerprint density at radius 3 is 2.56 bits per heavy atom. The van der Waals surface area contributed by atoms with Gasteiger partial charge in [0.2, 0.25) is 0 Å². The summed E-state index contributed by atoms with van der Waals surface area (Å²) >= 11 is 0. The number of rotatable bonds is 3. The van der Waals surface area contributed by atoms with Crippen LogP contribution < -0.4 is 4.74 Å². The first-order valence-electron chi connectivity index (χ1n) is 5.87. The van der Waals surface area contributed by atoms with Gasteiger partial charge in [0.25, 0.3) is 0 Å². The Labute approximate surface area is 109 Å². The first kappa shape index (κ1) is 14.6. The molecule has 0 saturated carbocycles. The number of ether oxygens (including phenoxy) is 2. The SMILES string of the molecule is COc1ccc(COC(C)(C)C)cc1C#CCO. The van der Waals surface area contributed by atoms with E-state index in [2.05, 4.69) is 11.8 Å². The summed E-state index contributed by atoms with van der Waals surface area (Å²) < 4.78 is 10.9. The van der Waals surface area contributed by atoms with E-state index in [1.54, 1.807) is 7.11 Å². The highest BCUT2D eigenvalue weighted by atomic mass is 16.5.